The normalized spacial score (nSPS) is 18.6. The molecule has 3 saturated carbocycles. The van der Waals surface area contributed by atoms with Crippen molar-refractivity contribution in [1.82, 2.24) is 20.3 Å². The van der Waals surface area contributed by atoms with E-state index in [4.69, 9.17) is 4.74 Å². The van der Waals surface area contributed by atoms with Gasteiger partial charge in [-0.25, -0.2) is 19.5 Å². The lowest BCUT2D eigenvalue weighted by Gasteiger charge is -2.40. The second kappa shape index (κ2) is 12.3. The summed E-state index contributed by atoms with van der Waals surface area (Å²) in [5.74, 6) is -1.78. The number of carbonyl (C=O) groups is 1. The Morgan fingerprint density at radius 2 is 1.70 bits per heavy atom. The third-order valence-corrected chi connectivity index (χ3v) is 10.4. The molecule has 0 bridgehead atoms. The lowest BCUT2D eigenvalue weighted by atomic mass is 9.76. The maximum Gasteiger partial charge on any atom is 0.394 e. The molecule has 1 aromatic carbocycles. The highest BCUT2D eigenvalue weighted by Gasteiger charge is 2.63. The number of anilines is 1. The number of halogens is 4. The highest BCUT2D eigenvalue weighted by atomic mass is 35.5. The fraction of sp³-hybridized carbons (Fsp3) is 0.484. The lowest BCUT2D eigenvalue weighted by Crippen LogP contribution is -2.50. The van der Waals surface area contributed by atoms with Gasteiger partial charge in [0.25, 0.3) is 10.0 Å². The first-order valence-corrected chi connectivity index (χ1v) is 16.3. The van der Waals surface area contributed by atoms with Crippen LogP contribution in [0, 0.1) is 24.7 Å². The molecule has 2 aromatic heterocycles. The van der Waals surface area contributed by atoms with Crippen LogP contribution in [0.3, 0.4) is 0 Å². The molecule has 0 saturated heterocycles. The summed E-state index contributed by atoms with van der Waals surface area (Å²) in [6.07, 6.45) is -0.0734. The van der Waals surface area contributed by atoms with E-state index in [0.29, 0.717) is 16.7 Å². The number of aromatic carboxylic acids is 1. The first kappa shape index (κ1) is 33.9. The summed E-state index contributed by atoms with van der Waals surface area (Å²) < 4.78 is 76.5. The number of ether oxygens (including phenoxy) is 1. The predicted molar refractivity (Wildman–Crippen MR) is 166 cm³/mol. The summed E-state index contributed by atoms with van der Waals surface area (Å²) in [5, 5.41) is 12.1. The highest BCUT2D eigenvalue weighted by molar-refractivity contribution is 7.92. The smallest absolute Gasteiger partial charge is 0.394 e. The van der Waals surface area contributed by atoms with Gasteiger partial charge in [0.1, 0.15) is 12.3 Å². The Bertz CT molecular complexity index is 1720. The molecule has 0 unspecified atom stereocenters. The van der Waals surface area contributed by atoms with Gasteiger partial charge >= 0.3 is 12.1 Å². The second-order valence-corrected chi connectivity index (χ2v) is 14.3. The van der Waals surface area contributed by atoms with Gasteiger partial charge in [-0.2, -0.15) is 26.6 Å². The molecule has 0 radical (unpaired) electrons. The van der Waals surface area contributed by atoms with Crippen LogP contribution in [0.5, 0.6) is 5.88 Å². The number of nitrogens with zero attached hydrogens (tertiary/aromatic N) is 3. The fourth-order valence-corrected chi connectivity index (χ4v) is 7.26. The second-order valence-electron chi connectivity index (χ2n) is 12.7. The van der Waals surface area contributed by atoms with Crippen molar-refractivity contribution in [1.29, 1.82) is 0 Å². The summed E-state index contributed by atoms with van der Waals surface area (Å²) >= 11 is 0. The molecule has 1 spiro atoms. The van der Waals surface area contributed by atoms with Crippen molar-refractivity contribution in [2.24, 2.45) is 10.8 Å². The van der Waals surface area contributed by atoms with Crippen LogP contribution in [0.4, 0.5) is 19.1 Å². The zero-order valence-electron chi connectivity index (χ0n) is 25.2. The molecule has 3 aromatic rings. The van der Waals surface area contributed by atoms with Crippen LogP contribution in [0.1, 0.15) is 66.6 Å². The van der Waals surface area contributed by atoms with Gasteiger partial charge in [0.05, 0.1) is 11.1 Å². The molecule has 46 heavy (non-hydrogen) atoms. The number of sulfonamides is 1. The van der Waals surface area contributed by atoms with Crippen molar-refractivity contribution in [3.05, 3.63) is 59.3 Å². The van der Waals surface area contributed by atoms with Gasteiger partial charge in [0.15, 0.2) is 5.03 Å². The van der Waals surface area contributed by atoms with Crippen molar-refractivity contribution in [2.75, 3.05) is 11.3 Å². The molecule has 3 fully saturated rings. The van der Waals surface area contributed by atoms with Gasteiger partial charge in [-0.15, -0.1) is 12.4 Å². The van der Waals surface area contributed by atoms with Crippen molar-refractivity contribution in [3.8, 4) is 17.1 Å². The molecule has 0 aliphatic heterocycles. The van der Waals surface area contributed by atoms with Crippen molar-refractivity contribution >= 4 is 34.3 Å². The van der Waals surface area contributed by atoms with E-state index in [1.807, 2.05) is 32.0 Å². The Morgan fingerprint density at radius 3 is 2.28 bits per heavy atom. The number of hydrogen-bond donors (Lipinski definition) is 3. The molecule has 10 nitrogen and oxygen atoms in total. The molecule has 3 aliphatic rings. The van der Waals surface area contributed by atoms with E-state index < -0.39 is 44.3 Å². The first-order chi connectivity index (χ1) is 21.2. The Kier molecular flexibility index (Phi) is 9.03. The minimum atomic E-state index is -4.43. The number of nitrogens with one attached hydrogen (secondary N) is 2. The Balaban J connectivity index is 0.00000417. The van der Waals surface area contributed by atoms with Crippen LogP contribution < -0.4 is 14.8 Å². The van der Waals surface area contributed by atoms with E-state index in [1.165, 1.54) is 12.1 Å². The van der Waals surface area contributed by atoms with Gasteiger partial charge in [-0.3, -0.25) is 0 Å². The monoisotopic (exact) mass is 681 g/mol. The molecule has 0 amide bonds. The zero-order chi connectivity index (χ0) is 32.2. The molecule has 3 N–H and O–H groups in total. The number of aromatic nitrogens is 3. The van der Waals surface area contributed by atoms with E-state index in [-0.39, 0.29) is 56.1 Å². The highest BCUT2D eigenvalue weighted by Crippen LogP contribution is 2.62. The molecule has 6 rings (SSSR count). The molecule has 248 valence electrons. The van der Waals surface area contributed by atoms with Crippen LogP contribution in [-0.4, -0.2) is 59.3 Å². The average molecular weight is 682 g/mol. The predicted octanol–water partition coefficient (Wildman–Crippen LogP) is 6.09. The van der Waals surface area contributed by atoms with Crippen molar-refractivity contribution < 1.29 is 36.2 Å². The maximum absolute atomic E-state index is 13.9. The molecule has 2 heterocycles. The van der Waals surface area contributed by atoms with Gasteiger partial charge in [0, 0.05) is 23.7 Å². The van der Waals surface area contributed by atoms with Crippen molar-refractivity contribution in [2.45, 2.75) is 82.1 Å². The summed E-state index contributed by atoms with van der Waals surface area (Å²) in [6, 6.07) is 10.2. The lowest BCUT2D eigenvalue weighted by molar-refractivity contribution is -0.191. The molecular weight excluding hydrogens is 647 g/mol. The minimum absolute atomic E-state index is 0. The van der Waals surface area contributed by atoms with Crippen LogP contribution in [0.15, 0.2) is 47.5 Å². The van der Waals surface area contributed by atoms with Gasteiger partial charge in [-0.05, 0) is 87.5 Å². The number of carboxylic acid groups (broad SMARTS) is 1. The zero-order valence-corrected chi connectivity index (χ0v) is 26.9. The van der Waals surface area contributed by atoms with E-state index in [9.17, 15) is 31.5 Å². The van der Waals surface area contributed by atoms with Gasteiger partial charge in [-0.1, -0.05) is 24.3 Å². The quantitative estimate of drug-likeness (QED) is 0.207. The van der Waals surface area contributed by atoms with Crippen LogP contribution >= 0.6 is 12.4 Å². The summed E-state index contributed by atoms with van der Waals surface area (Å²) in [4.78, 5) is 23.7. The van der Waals surface area contributed by atoms with Crippen LogP contribution in [0.25, 0.3) is 11.3 Å². The van der Waals surface area contributed by atoms with Crippen LogP contribution in [0.2, 0.25) is 0 Å². The number of rotatable bonds is 12. The van der Waals surface area contributed by atoms with E-state index in [1.54, 1.807) is 0 Å². The minimum Gasteiger partial charge on any atom is -0.477 e. The number of alkyl halides is 3. The third-order valence-electron chi connectivity index (χ3n) is 9.20. The average Bonchev–Trinajstić information content (AvgIpc) is 3.87. The SMILES string of the molecule is Cc1cccc(C)c1-c1cc(OC[C@@H](CC2(C(F)(F)F)CC2)NC2CC3(CC3)C2)nc(NS(=O)(=O)c2cccc(C(=O)O)n2)n1.Cl. The van der Waals surface area contributed by atoms with E-state index in [2.05, 4.69) is 25.0 Å². The summed E-state index contributed by atoms with van der Waals surface area (Å²) in [5.41, 5.74) is 0.923. The molecule has 1 atom stereocenters. The number of benzene rings is 1. The number of hydrogen-bond acceptors (Lipinski definition) is 8. The Hall–Kier alpha value is -3.49. The molecule has 15 heteroatoms. The number of aryl methyl sites for hydroxylation is 2. The van der Waals surface area contributed by atoms with Gasteiger partial charge < -0.3 is 15.2 Å². The Morgan fingerprint density at radius 1 is 1.04 bits per heavy atom. The van der Waals surface area contributed by atoms with Crippen molar-refractivity contribution in [3.63, 3.8) is 0 Å². The third kappa shape index (κ3) is 7.08. The molecule has 3 aliphatic carbocycles. The maximum atomic E-state index is 13.9. The summed E-state index contributed by atoms with van der Waals surface area (Å²) in [6.45, 7) is 3.63. The fourth-order valence-electron chi connectivity index (χ4n) is 6.35. The molecular formula is C31H35ClF3N5O5S. The number of carboxylic acids is 1. The number of pyridine rings is 1. The largest absolute Gasteiger partial charge is 0.477 e. The van der Waals surface area contributed by atoms with E-state index >= 15 is 0 Å². The summed E-state index contributed by atoms with van der Waals surface area (Å²) in [7, 11) is -4.43. The van der Waals surface area contributed by atoms with E-state index in [0.717, 1.165) is 48.9 Å². The topological polar surface area (TPSA) is 143 Å². The van der Waals surface area contributed by atoms with Crippen LogP contribution in [-0.2, 0) is 10.0 Å². The standard InChI is InChI=1S/C31H34F3N5O5S.ClH/c1-18-5-3-6-19(2)26(18)23-13-24(38-28(37-23)39-45(42,43)25-8-4-7-22(36-25)27(40)41)44-17-21(16-30(11-12-30)31(32,33)34)35-20-14-29(15-20)9-10-29;/h3-8,13,20-21,35H,9-12,14-17H2,1-2H3,(H,40,41)(H,37,38,39);1H/t21-;/m1./s1. The first-order valence-electron chi connectivity index (χ1n) is 14.8. The Labute approximate surface area is 271 Å². The van der Waals surface area contributed by atoms with Gasteiger partial charge in [0.2, 0.25) is 11.8 Å².